The third kappa shape index (κ3) is 3.12. The average Bonchev–Trinajstić information content (AvgIpc) is 3.09. The van der Waals surface area contributed by atoms with Crippen LogP contribution < -0.4 is 0 Å². The summed E-state index contributed by atoms with van der Waals surface area (Å²) in [7, 11) is 0. The monoisotopic (exact) mass is 330 g/mol. The second kappa shape index (κ2) is 7.20. The molecule has 3 aromatic carbocycles. The van der Waals surface area contributed by atoms with E-state index in [1.807, 2.05) is 54.6 Å². The fourth-order valence-electron chi connectivity index (χ4n) is 2.72. The van der Waals surface area contributed by atoms with Crippen LogP contribution in [-0.4, -0.2) is 9.97 Å². The molecule has 0 unspecified atom stereocenters. The Morgan fingerprint density at radius 3 is 1.54 bits per heavy atom. The Kier molecular flexibility index (Phi) is 4.82. The maximum Gasteiger partial charge on any atom is 0.138 e. The Labute approximate surface area is 148 Å². The molecular formula is C21H18N2S. The summed E-state index contributed by atoms with van der Waals surface area (Å²) in [5.41, 5.74) is 5.38. The van der Waals surface area contributed by atoms with Gasteiger partial charge in [0, 0.05) is 16.7 Å². The number of rotatable bonds is 3. The van der Waals surface area contributed by atoms with Crippen molar-refractivity contribution in [3.8, 4) is 33.9 Å². The summed E-state index contributed by atoms with van der Waals surface area (Å²) in [5.74, 6) is 0.892. The lowest BCUT2D eigenvalue weighted by atomic mass is 10.1. The van der Waals surface area contributed by atoms with Crippen LogP contribution in [-0.2, 0) is 0 Å². The second-order valence-corrected chi connectivity index (χ2v) is 5.41. The van der Waals surface area contributed by atoms with Gasteiger partial charge in [-0.15, -0.1) is 0 Å². The Hall–Kier alpha value is -2.78. The van der Waals surface area contributed by atoms with Crippen molar-refractivity contribution in [2.45, 2.75) is 0 Å². The molecule has 0 bridgehead atoms. The molecule has 4 rings (SSSR count). The normalized spacial score (nSPS) is 10.2. The number of H-pyrrole nitrogens is 1. The van der Waals surface area contributed by atoms with Crippen LogP contribution in [0.3, 0.4) is 0 Å². The molecule has 0 spiro atoms. The molecule has 0 amide bonds. The molecular weight excluding hydrogens is 312 g/mol. The van der Waals surface area contributed by atoms with Crippen LogP contribution in [0.1, 0.15) is 0 Å². The van der Waals surface area contributed by atoms with Crippen LogP contribution in [0.4, 0.5) is 0 Å². The minimum Gasteiger partial charge on any atom is -0.337 e. The van der Waals surface area contributed by atoms with E-state index in [1.165, 1.54) is 0 Å². The van der Waals surface area contributed by atoms with Gasteiger partial charge in [-0.2, -0.15) is 13.5 Å². The molecule has 0 aliphatic rings. The van der Waals surface area contributed by atoms with Crippen molar-refractivity contribution >= 4 is 13.5 Å². The molecule has 1 heterocycles. The van der Waals surface area contributed by atoms with E-state index in [0.717, 1.165) is 33.9 Å². The first kappa shape index (κ1) is 16.1. The zero-order valence-corrected chi connectivity index (χ0v) is 14.1. The third-order valence-electron chi connectivity index (χ3n) is 3.86. The summed E-state index contributed by atoms with van der Waals surface area (Å²) in [4.78, 5) is 8.37. The van der Waals surface area contributed by atoms with Crippen LogP contribution in [0, 0.1) is 0 Å². The van der Waals surface area contributed by atoms with E-state index in [-0.39, 0.29) is 13.5 Å². The molecule has 1 aromatic heterocycles. The predicted molar refractivity (Wildman–Crippen MR) is 105 cm³/mol. The van der Waals surface area contributed by atoms with E-state index in [0.29, 0.717) is 0 Å². The van der Waals surface area contributed by atoms with Gasteiger partial charge in [0.05, 0.1) is 11.4 Å². The molecule has 0 atom stereocenters. The molecule has 0 saturated heterocycles. The van der Waals surface area contributed by atoms with Crippen LogP contribution in [0.5, 0.6) is 0 Å². The van der Waals surface area contributed by atoms with Crippen molar-refractivity contribution in [1.82, 2.24) is 9.97 Å². The van der Waals surface area contributed by atoms with Crippen molar-refractivity contribution in [2.24, 2.45) is 0 Å². The van der Waals surface area contributed by atoms with E-state index in [1.54, 1.807) is 0 Å². The van der Waals surface area contributed by atoms with E-state index < -0.39 is 0 Å². The zero-order chi connectivity index (χ0) is 15.5. The summed E-state index contributed by atoms with van der Waals surface area (Å²) in [6.07, 6.45) is 0. The molecule has 24 heavy (non-hydrogen) atoms. The number of aromatic nitrogens is 2. The molecule has 0 fully saturated rings. The highest BCUT2D eigenvalue weighted by atomic mass is 32.1. The van der Waals surface area contributed by atoms with Gasteiger partial charge in [0.25, 0.3) is 0 Å². The van der Waals surface area contributed by atoms with E-state index in [9.17, 15) is 0 Å². The lowest BCUT2D eigenvalue weighted by Crippen LogP contribution is -1.82. The van der Waals surface area contributed by atoms with Crippen molar-refractivity contribution in [3.05, 3.63) is 91.0 Å². The Morgan fingerprint density at radius 1 is 0.542 bits per heavy atom. The van der Waals surface area contributed by atoms with E-state index in [2.05, 4.69) is 41.4 Å². The summed E-state index contributed by atoms with van der Waals surface area (Å²) in [6, 6.07) is 30.9. The third-order valence-corrected chi connectivity index (χ3v) is 3.86. The first-order chi connectivity index (χ1) is 11.4. The van der Waals surface area contributed by atoms with Gasteiger partial charge in [-0.1, -0.05) is 91.0 Å². The highest BCUT2D eigenvalue weighted by Gasteiger charge is 2.14. The van der Waals surface area contributed by atoms with Gasteiger partial charge in [-0.3, -0.25) is 0 Å². The highest BCUT2D eigenvalue weighted by molar-refractivity contribution is 7.59. The predicted octanol–water partition coefficient (Wildman–Crippen LogP) is 5.52. The van der Waals surface area contributed by atoms with Crippen molar-refractivity contribution in [1.29, 1.82) is 0 Å². The Balaban J connectivity index is 0.00000169. The van der Waals surface area contributed by atoms with Gasteiger partial charge in [-0.05, 0) is 0 Å². The quantitative estimate of drug-likeness (QED) is 0.526. The number of benzene rings is 3. The maximum atomic E-state index is 4.87. The van der Waals surface area contributed by atoms with Crippen LogP contribution >= 0.6 is 13.5 Å². The van der Waals surface area contributed by atoms with Crippen molar-refractivity contribution in [2.75, 3.05) is 0 Å². The first-order valence-electron chi connectivity index (χ1n) is 7.68. The van der Waals surface area contributed by atoms with Crippen molar-refractivity contribution in [3.63, 3.8) is 0 Å². The molecule has 0 aliphatic carbocycles. The summed E-state index contributed by atoms with van der Waals surface area (Å²) in [5, 5.41) is 0. The smallest absolute Gasteiger partial charge is 0.138 e. The van der Waals surface area contributed by atoms with E-state index in [4.69, 9.17) is 4.98 Å². The molecule has 4 aromatic rings. The number of hydrogen-bond donors (Lipinski definition) is 1. The number of nitrogens with one attached hydrogen (secondary N) is 1. The summed E-state index contributed by atoms with van der Waals surface area (Å²) >= 11 is 0. The molecule has 3 heteroatoms. The van der Waals surface area contributed by atoms with Crippen LogP contribution in [0.2, 0.25) is 0 Å². The Bertz CT molecular complexity index is 844. The number of aromatic amines is 1. The topological polar surface area (TPSA) is 28.7 Å². The van der Waals surface area contributed by atoms with Gasteiger partial charge in [0.2, 0.25) is 0 Å². The number of hydrogen-bond acceptors (Lipinski definition) is 1. The average molecular weight is 330 g/mol. The fourth-order valence-corrected chi connectivity index (χ4v) is 2.72. The lowest BCUT2D eigenvalue weighted by molar-refractivity contribution is 1.31. The molecule has 118 valence electrons. The summed E-state index contributed by atoms with van der Waals surface area (Å²) in [6.45, 7) is 0. The maximum absolute atomic E-state index is 4.87. The molecule has 0 aliphatic heterocycles. The van der Waals surface area contributed by atoms with Gasteiger partial charge >= 0.3 is 0 Å². The minimum atomic E-state index is 0. The SMILES string of the molecule is S.c1ccc(-c2nc(-c3ccccc3)c(-c3ccccc3)[nH]2)cc1. The number of imidazole rings is 1. The lowest BCUT2D eigenvalue weighted by Gasteiger charge is -2.02. The van der Waals surface area contributed by atoms with Gasteiger partial charge < -0.3 is 4.98 Å². The largest absolute Gasteiger partial charge is 0.337 e. The van der Waals surface area contributed by atoms with Crippen LogP contribution in [0.25, 0.3) is 33.9 Å². The van der Waals surface area contributed by atoms with Gasteiger partial charge in [-0.25, -0.2) is 4.98 Å². The minimum absolute atomic E-state index is 0. The fraction of sp³-hybridized carbons (Fsp3) is 0. The van der Waals surface area contributed by atoms with E-state index >= 15 is 0 Å². The second-order valence-electron chi connectivity index (χ2n) is 5.41. The Morgan fingerprint density at radius 2 is 1.00 bits per heavy atom. The van der Waals surface area contributed by atoms with Crippen molar-refractivity contribution < 1.29 is 0 Å². The number of nitrogens with zero attached hydrogens (tertiary/aromatic N) is 1. The molecule has 0 saturated carbocycles. The van der Waals surface area contributed by atoms with Gasteiger partial charge in [0.1, 0.15) is 5.82 Å². The standard InChI is InChI=1S/C21H16N2.H2S/c1-4-10-16(11-5-1)19-20(17-12-6-2-7-13-17)23-21(22-19)18-14-8-3-9-15-18;/h1-15H,(H,22,23);1H2. The van der Waals surface area contributed by atoms with Gasteiger partial charge in [0.15, 0.2) is 0 Å². The molecule has 2 nitrogen and oxygen atoms in total. The first-order valence-corrected chi connectivity index (χ1v) is 7.68. The highest BCUT2D eigenvalue weighted by Crippen LogP contribution is 2.32. The molecule has 0 radical (unpaired) electrons. The summed E-state index contributed by atoms with van der Waals surface area (Å²) < 4.78 is 0. The molecule has 1 N–H and O–H groups in total. The zero-order valence-electron chi connectivity index (χ0n) is 13.1. The van der Waals surface area contributed by atoms with Crippen LogP contribution in [0.15, 0.2) is 91.0 Å².